The number of anilines is 3. The quantitative estimate of drug-likeness (QED) is 0.160. The van der Waals surface area contributed by atoms with Crippen LogP contribution in [0.25, 0.3) is 77.3 Å². The molecule has 12 aromatic rings. The molecule has 0 fully saturated rings. The van der Waals surface area contributed by atoms with Crippen LogP contribution in [-0.2, 0) is 5.41 Å². The van der Waals surface area contributed by atoms with E-state index in [4.69, 9.17) is 8.83 Å². The second-order valence-electron chi connectivity index (χ2n) is 16.8. The Kier molecular flexibility index (Phi) is 8.13. The smallest absolute Gasteiger partial charge is 0.143 e. The third kappa shape index (κ3) is 5.47. The van der Waals surface area contributed by atoms with E-state index in [1.807, 2.05) is 6.07 Å². The lowest BCUT2D eigenvalue weighted by atomic mass is 9.67. The van der Waals surface area contributed by atoms with Gasteiger partial charge in [0.1, 0.15) is 22.3 Å². The van der Waals surface area contributed by atoms with Crippen LogP contribution in [0.2, 0.25) is 0 Å². The van der Waals surface area contributed by atoms with Crippen LogP contribution in [-0.4, -0.2) is 0 Å². The third-order valence-electron chi connectivity index (χ3n) is 13.4. The largest absolute Gasteiger partial charge is 0.456 e. The first-order valence-corrected chi connectivity index (χ1v) is 21.9. The lowest BCUT2D eigenvalue weighted by molar-refractivity contribution is 0.664. The van der Waals surface area contributed by atoms with Crippen LogP contribution in [0, 0.1) is 0 Å². The number of fused-ring (bicyclic) bond motifs is 9. The highest BCUT2D eigenvalue weighted by Crippen LogP contribution is 2.57. The van der Waals surface area contributed by atoms with E-state index in [2.05, 4.69) is 235 Å². The molecule has 10 aromatic carbocycles. The van der Waals surface area contributed by atoms with E-state index in [0.717, 1.165) is 72.1 Å². The number of rotatable bonds is 7. The Balaban J connectivity index is 1.00. The molecule has 0 bridgehead atoms. The molecule has 0 saturated carbocycles. The molecule has 0 N–H and O–H groups in total. The van der Waals surface area contributed by atoms with E-state index < -0.39 is 5.41 Å². The minimum atomic E-state index is -0.529. The fourth-order valence-corrected chi connectivity index (χ4v) is 10.5. The van der Waals surface area contributed by atoms with Crippen molar-refractivity contribution in [3.8, 4) is 33.4 Å². The summed E-state index contributed by atoms with van der Waals surface area (Å²) in [5, 5.41) is 4.18. The number of para-hydroxylation sites is 1. The normalized spacial score (nSPS) is 12.8. The highest BCUT2D eigenvalue weighted by Gasteiger charge is 2.46. The van der Waals surface area contributed by atoms with Crippen molar-refractivity contribution < 1.29 is 8.83 Å². The molecule has 3 nitrogen and oxygen atoms in total. The highest BCUT2D eigenvalue weighted by atomic mass is 16.3. The minimum absolute atomic E-state index is 0.529. The molecule has 64 heavy (non-hydrogen) atoms. The zero-order chi connectivity index (χ0) is 42.2. The summed E-state index contributed by atoms with van der Waals surface area (Å²) in [6.07, 6.45) is 0. The van der Waals surface area contributed by atoms with Gasteiger partial charge in [0.05, 0.1) is 5.41 Å². The van der Waals surface area contributed by atoms with E-state index in [0.29, 0.717) is 0 Å². The molecule has 0 spiro atoms. The van der Waals surface area contributed by atoms with Gasteiger partial charge in [0, 0.05) is 50.2 Å². The molecule has 0 saturated heterocycles. The lowest BCUT2D eigenvalue weighted by Crippen LogP contribution is -2.28. The van der Waals surface area contributed by atoms with E-state index in [1.165, 1.54) is 44.5 Å². The fourth-order valence-electron chi connectivity index (χ4n) is 10.5. The Bertz CT molecular complexity index is 3660. The van der Waals surface area contributed by atoms with Crippen LogP contribution in [0.1, 0.15) is 22.3 Å². The van der Waals surface area contributed by atoms with E-state index in [9.17, 15) is 0 Å². The van der Waals surface area contributed by atoms with Crippen LogP contribution in [0.3, 0.4) is 0 Å². The number of nitrogens with zero attached hydrogens (tertiary/aromatic N) is 1. The maximum absolute atomic E-state index is 6.83. The molecule has 3 heteroatoms. The molecular weight excluding hydrogens is 779 g/mol. The number of furan rings is 2. The Morgan fingerprint density at radius 1 is 0.297 bits per heavy atom. The summed E-state index contributed by atoms with van der Waals surface area (Å²) in [6.45, 7) is 0. The summed E-state index contributed by atoms with van der Waals surface area (Å²) in [6, 6.07) is 85.1. The van der Waals surface area contributed by atoms with Crippen molar-refractivity contribution in [3.63, 3.8) is 0 Å². The Labute approximate surface area is 370 Å². The Morgan fingerprint density at radius 2 is 0.812 bits per heavy atom. The number of benzene rings is 10. The van der Waals surface area contributed by atoms with E-state index in [1.54, 1.807) is 0 Å². The molecule has 0 amide bonds. The Hall–Kier alpha value is -8.40. The topological polar surface area (TPSA) is 29.5 Å². The van der Waals surface area contributed by atoms with Gasteiger partial charge in [0.25, 0.3) is 0 Å². The van der Waals surface area contributed by atoms with Gasteiger partial charge in [-0.2, -0.15) is 0 Å². The van der Waals surface area contributed by atoms with Gasteiger partial charge in [0.15, 0.2) is 0 Å². The van der Waals surface area contributed by atoms with Crippen LogP contribution < -0.4 is 4.90 Å². The summed E-state index contributed by atoms with van der Waals surface area (Å²) in [7, 11) is 0. The lowest BCUT2D eigenvalue weighted by Gasteiger charge is -2.35. The van der Waals surface area contributed by atoms with Gasteiger partial charge in [-0.25, -0.2) is 0 Å². The third-order valence-corrected chi connectivity index (χ3v) is 13.4. The fraction of sp³-hybridized carbons (Fsp3) is 0.0164. The van der Waals surface area contributed by atoms with Crippen molar-refractivity contribution in [2.24, 2.45) is 0 Å². The number of hydrogen-bond donors (Lipinski definition) is 0. The molecule has 1 aliphatic rings. The monoisotopic (exact) mass is 817 g/mol. The summed E-state index contributed by atoms with van der Waals surface area (Å²) >= 11 is 0. The zero-order valence-electron chi connectivity index (χ0n) is 34.8. The molecule has 300 valence electrons. The second-order valence-corrected chi connectivity index (χ2v) is 16.8. The van der Waals surface area contributed by atoms with Gasteiger partial charge < -0.3 is 13.7 Å². The molecule has 0 unspecified atom stereocenters. The van der Waals surface area contributed by atoms with Crippen molar-refractivity contribution in [3.05, 3.63) is 259 Å². The van der Waals surface area contributed by atoms with Crippen LogP contribution >= 0.6 is 0 Å². The predicted octanol–water partition coefficient (Wildman–Crippen LogP) is 16.7. The maximum Gasteiger partial charge on any atom is 0.143 e. The molecule has 1 aliphatic carbocycles. The molecule has 0 atom stereocenters. The van der Waals surface area contributed by atoms with Crippen LogP contribution in [0.5, 0.6) is 0 Å². The summed E-state index contributed by atoms with van der Waals surface area (Å²) < 4.78 is 13.5. The zero-order valence-corrected chi connectivity index (χ0v) is 34.8. The van der Waals surface area contributed by atoms with Crippen molar-refractivity contribution in [1.29, 1.82) is 0 Å². The van der Waals surface area contributed by atoms with Crippen LogP contribution in [0.4, 0.5) is 17.1 Å². The first kappa shape index (κ1) is 36.3. The number of hydrogen-bond acceptors (Lipinski definition) is 3. The van der Waals surface area contributed by atoms with E-state index >= 15 is 0 Å². The SMILES string of the molecule is c1ccc(-c2ccc(N(c3ccc4c(c3)C(c3ccccc3)(c3ccccc3)c3ccccc3-4)c3ccc4c(c3)oc3cc5c(cc34)oc3c(-c4ccccc4)cccc35)cc2)cc1. The van der Waals surface area contributed by atoms with Crippen molar-refractivity contribution >= 4 is 60.9 Å². The second kappa shape index (κ2) is 14.3. The summed E-state index contributed by atoms with van der Waals surface area (Å²) in [5.41, 5.74) is 18.0. The van der Waals surface area contributed by atoms with Crippen molar-refractivity contribution in [2.75, 3.05) is 4.90 Å². The maximum atomic E-state index is 6.83. The molecule has 0 radical (unpaired) electrons. The van der Waals surface area contributed by atoms with Gasteiger partial charge in [0.2, 0.25) is 0 Å². The summed E-state index contributed by atoms with van der Waals surface area (Å²) in [4.78, 5) is 2.37. The van der Waals surface area contributed by atoms with Crippen molar-refractivity contribution in [1.82, 2.24) is 0 Å². The first-order chi connectivity index (χ1) is 31.7. The molecule has 13 rings (SSSR count). The van der Waals surface area contributed by atoms with Gasteiger partial charge in [-0.15, -0.1) is 0 Å². The van der Waals surface area contributed by atoms with E-state index in [-0.39, 0.29) is 0 Å². The predicted molar refractivity (Wildman–Crippen MR) is 264 cm³/mol. The average Bonchev–Trinajstić information content (AvgIpc) is 4.02. The minimum Gasteiger partial charge on any atom is -0.456 e. The van der Waals surface area contributed by atoms with Gasteiger partial charge in [-0.05, 0) is 98.6 Å². The Morgan fingerprint density at radius 3 is 1.53 bits per heavy atom. The van der Waals surface area contributed by atoms with Gasteiger partial charge in [-0.3, -0.25) is 0 Å². The van der Waals surface area contributed by atoms with Gasteiger partial charge in [-0.1, -0.05) is 182 Å². The van der Waals surface area contributed by atoms with Gasteiger partial charge >= 0.3 is 0 Å². The molecule has 0 aliphatic heterocycles. The molecule has 2 aromatic heterocycles. The average molecular weight is 818 g/mol. The first-order valence-electron chi connectivity index (χ1n) is 21.9. The van der Waals surface area contributed by atoms with Crippen molar-refractivity contribution in [2.45, 2.75) is 5.41 Å². The molecule has 2 heterocycles. The van der Waals surface area contributed by atoms with Crippen LogP contribution in [0.15, 0.2) is 245 Å². The molecular formula is C61H39NO2. The standard InChI is InChI=1S/C61H39NO2/c1-5-16-40(17-6-1)41-28-30-45(31-29-41)62(46-32-34-50-49-24-13-14-27-55(49)61(56(50)36-46,43-20-9-3-10-21-43)44-22-11-4-12-23-44)47-33-35-51-53-38-59-54(39-58(53)63-57(51)37-47)52-26-15-25-48(60(52)64-59)42-18-7-2-8-19-42/h1-39H. The highest BCUT2D eigenvalue weighted by molar-refractivity contribution is 6.16. The summed E-state index contributed by atoms with van der Waals surface area (Å²) in [5.74, 6) is 0.